The second kappa shape index (κ2) is 12.8. The molecule has 0 unspecified atom stereocenters. The van der Waals surface area contributed by atoms with Crippen molar-refractivity contribution < 1.29 is 19.1 Å². The van der Waals surface area contributed by atoms with E-state index in [-0.39, 0.29) is 18.1 Å². The number of benzene rings is 3. The zero-order valence-electron chi connectivity index (χ0n) is 21.8. The Kier molecular flexibility index (Phi) is 9.26. The van der Waals surface area contributed by atoms with Gasteiger partial charge in [0, 0.05) is 30.8 Å². The molecule has 0 saturated carbocycles. The summed E-state index contributed by atoms with van der Waals surface area (Å²) >= 11 is 0. The maximum atomic E-state index is 13.2. The van der Waals surface area contributed by atoms with Crippen molar-refractivity contribution in [2.24, 2.45) is 5.92 Å². The molecule has 0 radical (unpaired) electrons. The zero-order chi connectivity index (χ0) is 27.0. The van der Waals surface area contributed by atoms with Gasteiger partial charge in [-0.15, -0.1) is 0 Å². The van der Waals surface area contributed by atoms with Crippen molar-refractivity contribution in [3.63, 3.8) is 0 Å². The van der Waals surface area contributed by atoms with Gasteiger partial charge in [-0.1, -0.05) is 54.6 Å². The number of hydrogen-bond acceptors (Lipinski definition) is 4. The van der Waals surface area contributed by atoms with Crippen LogP contribution in [0.25, 0.3) is 0 Å². The minimum Gasteiger partial charge on any atom is -0.386 e. The van der Waals surface area contributed by atoms with E-state index in [2.05, 4.69) is 15.5 Å². The highest BCUT2D eigenvalue weighted by atomic mass is 19.1. The van der Waals surface area contributed by atoms with Crippen molar-refractivity contribution in [2.45, 2.75) is 38.2 Å². The molecule has 1 fully saturated rings. The van der Waals surface area contributed by atoms with Crippen LogP contribution in [0.5, 0.6) is 0 Å². The van der Waals surface area contributed by atoms with E-state index in [1.807, 2.05) is 42.5 Å². The average Bonchev–Trinajstić information content (AvgIpc) is 2.91. The molecule has 1 atom stereocenters. The van der Waals surface area contributed by atoms with E-state index in [0.717, 1.165) is 43.5 Å². The van der Waals surface area contributed by atoms with Crippen LogP contribution in [-0.4, -0.2) is 53.6 Å². The van der Waals surface area contributed by atoms with Gasteiger partial charge in [-0.25, -0.2) is 9.18 Å². The standard InChI is InChI=1S/C31H36FN3O3/c1-23(36)27-8-5-9-29(19-27)34-30(37)33-21-31(38,20-26-6-3-2-4-7-26)22-35-16-14-25(15-17-35)18-24-10-12-28(32)13-11-24/h2-13,19,25,38H,14-18,20-22H2,1H3,(H2,33,34,37)/t31-/m1/s1. The monoisotopic (exact) mass is 517 g/mol. The molecule has 200 valence electrons. The highest BCUT2D eigenvalue weighted by molar-refractivity contribution is 5.96. The number of amides is 2. The number of piperidine rings is 1. The summed E-state index contributed by atoms with van der Waals surface area (Å²) in [5.74, 6) is 0.231. The lowest BCUT2D eigenvalue weighted by Gasteiger charge is -2.38. The maximum absolute atomic E-state index is 13.2. The number of hydrogen-bond donors (Lipinski definition) is 3. The van der Waals surface area contributed by atoms with E-state index in [4.69, 9.17) is 0 Å². The zero-order valence-corrected chi connectivity index (χ0v) is 21.8. The first-order chi connectivity index (χ1) is 18.3. The van der Waals surface area contributed by atoms with Gasteiger partial charge in [0.05, 0.1) is 5.60 Å². The molecule has 0 aliphatic carbocycles. The number of β-amino-alcohol motifs (C(OH)–C–C–N with tert-alkyl or cyclic N) is 1. The summed E-state index contributed by atoms with van der Waals surface area (Å²) in [5, 5.41) is 17.3. The quantitative estimate of drug-likeness (QED) is 0.328. The van der Waals surface area contributed by atoms with E-state index < -0.39 is 11.6 Å². The molecular formula is C31H36FN3O3. The Balaban J connectivity index is 1.35. The van der Waals surface area contributed by atoms with Crippen LogP contribution >= 0.6 is 0 Å². The summed E-state index contributed by atoms with van der Waals surface area (Å²) in [4.78, 5) is 26.6. The molecule has 1 saturated heterocycles. The van der Waals surface area contributed by atoms with E-state index in [1.54, 1.807) is 24.3 Å². The second-order valence-electron chi connectivity index (χ2n) is 10.4. The van der Waals surface area contributed by atoms with Crippen LogP contribution in [-0.2, 0) is 12.8 Å². The summed E-state index contributed by atoms with van der Waals surface area (Å²) < 4.78 is 13.2. The number of anilines is 1. The van der Waals surface area contributed by atoms with Gasteiger partial charge in [0.25, 0.3) is 0 Å². The summed E-state index contributed by atoms with van der Waals surface area (Å²) in [6.45, 7) is 3.70. The third-order valence-corrected chi connectivity index (χ3v) is 7.14. The third-order valence-electron chi connectivity index (χ3n) is 7.14. The van der Waals surface area contributed by atoms with Crippen LogP contribution in [0.4, 0.5) is 14.9 Å². The van der Waals surface area contributed by atoms with E-state index >= 15 is 0 Å². The molecule has 0 aromatic heterocycles. The van der Waals surface area contributed by atoms with Crippen molar-refractivity contribution >= 4 is 17.5 Å². The van der Waals surface area contributed by atoms with Gasteiger partial charge in [-0.3, -0.25) is 4.79 Å². The maximum Gasteiger partial charge on any atom is 0.319 e. The van der Waals surface area contributed by atoms with Crippen molar-refractivity contribution in [2.75, 3.05) is 31.5 Å². The van der Waals surface area contributed by atoms with Gasteiger partial charge < -0.3 is 20.6 Å². The van der Waals surface area contributed by atoms with E-state index in [0.29, 0.717) is 30.1 Å². The van der Waals surface area contributed by atoms with Gasteiger partial charge in [0.2, 0.25) is 0 Å². The Morgan fingerprint density at radius 2 is 1.68 bits per heavy atom. The molecule has 0 bridgehead atoms. The largest absolute Gasteiger partial charge is 0.386 e. The fourth-order valence-corrected chi connectivity index (χ4v) is 5.10. The van der Waals surface area contributed by atoms with Gasteiger partial charge in [-0.2, -0.15) is 0 Å². The number of ketones is 1. The number of Topliss-reactive ketones (excluding diaryl/α,β-unsaturated/α-hetero) is 1. The number of carbonyl (C=O) groups excluding carboxylic acids is 2. The molecule has 3 N–H and O–H groups in total. The number of urea groups is 1. The van der Waals surface area contributed by atoms with Crippen LogP contribution in [0.2, 0.25) is 0 Å². The van der Waals surface area contributed by atoms with Crippen LogP contribution in [0.3, 0.4) is 0 Å². The fraction of sp³-hybridized carbons (Fsp3) is 0.355. The summed E-state index contributed by atoms with van der Waals surface area (Å²) in [5.41, 5.74) is 2.02. The van der Waals surface area contributed by atoms with Gasteiger partial charge in [0.15, 0.2) is 5.78 Å². The van der Waals surface area contributed by atoms with E-state index in [9.17, 15) is 19.1 Å². The normalized spacial score (nSPS) is 16.0. The summed E-state index contributed by atoms with van der Waals surface area (Å²) in [6, 6.07) is 22.9. The van der Waals surface area contributed by atoms with Crippen LogP contribution in [0.15, 0.2) is 78.9 Å². The molecule has 38 heavy (non-hydrogen) atoms. The predicted octanol–water partition coefficient (Wildman–Crippen LogP) is 5.08. The number of rotatable bonds is 10. The Hall–Kier alpha value is -3.55. The van der Waals surface area contributed by atoms with Crippen molar-refractivity contribution in [3.8, 4) is 0 Å². The van der Waals surface area contributed by atoms with Crippen molar-refractivity contribution in [3.05, 3.63) is 101 Å². The molecular weight excluding hydrogens is 481 g/mol. The summed E-state index contributed by atoms with van der Waals surface area (Å²) in [6.07, 6.45) is 3.33. The first-order valence-corrected chi connectivity index (χ1v) is 13.2. The van der Waals surface area contributed by atoms with Gasteiger partial charge in [0.1, 0.15) is 5.82 Å². The molecule has 1 aliphatic rings. The van der Waals surface area contributed by atoms with Crippen molar-refractivity contribution in [1.82, 2.24) is 10.2 Å². The first kappa shape index (κ1) is 27.5. The van der Waals surface area contributed by atoms with Gasteiger partial charge >= 0.3 is 6.03 Å². The first-order valence-electron chi connectivity index (χ1n) is 13.2. The number of nitrogens with zero attached hydrogens (tertiary/aromatic N) is 1. The second-order valence-corrected chi connectivity index (χ2v) is 10.4. The van der Waals surface area contributed by atoms with Crippen LogP contribution in [0.1, 0.15) is 41.3 Å². The highest BCUT2D eigenvalue weighted by Crippen LogP contribution is 2.24. The lowest BCUT2D eigenvalue weighted by atomic mass is 9.88. The van der Waals surface area contributed by atoms with E-state index in [1.165, 1.54) is 19.1 Å². The Morgan fingerprint density at radius 1 is 0.974 bits per heavy atom. The highest BCUT2D eigenvalue weighted by Gasteiger charge is 2.32. The van der Waals surface area contributed by atoms with Gasteiger partial charge in [-0.05, 0) is 80.6 Å². The molecule has 7 heteroatoms. The molecule has 0 spiro atoms. The topological polar surface area (TPSA) is 81.7 Å². The predicted molar refractivity (Wildman–Crippen MR) is 148 cm³/mol. The number of carbonyl (C=O) groups is 2. The molecule has 1 aliphatic heterocycles. The minimum atomic E-state index is -1.16. The molecule has 3 aromatic carbocycles. The average molecular weight is 518 g/mol. The molecule has 1 heterocycles. The number of likely N-dealkylation sites (tertiary alicyclic amines) is 1. The number of aliphatic hydroxyl groups is 1. The lowest BCUT2D eigenvalue weighted by Crippen LogP contribution is -2.54. The number of nitrogens with one attached hydrogen (secondary N) is 2. The smallest absolute Gasteiger partial charge is 0.319 e. The number of halogens is 1. The Labute approximate surface area is 223 Å². The minimum absolute atomic E-state index is 0.0762. The van der Waals surface area contributed by atoms with Crippen LogP contribution in [0, 0.1) is 11.7 Å². The van der Waals surface area contributed by atoms with Crippen molar-refractivity contribution in [1.29, 1.82) is 0 Å². The molecule has 2 amide bonds. The Morgan fingerprint density at radius 3 is 2.37 bits per heavy atom. The lowest BCUT2D eigenvalue weighted by molar-refractivity contribution is -0.00240. The SMILES string of the molecule is CC(=O)c1cccc(NC(=O)NC[C@](O)(Cc2ccccc2)CN2CCC(Cc3ccc(F)cc3)CC2)c1. The summed E-state index contributed by atoms with van der Waals surface area (Å²) in [7, 11) is 0. The molecule has 3 aromatic rings. The molecule has 4 rings (SSSR count). The fourth-order valence-electron chi connectivity index (χ4n) is 5.10. The Bertz CT molecular complexity index is 1210. The van der Waals surface area contributed by atoms with Crippen LogP contribution < -0.4 is 10.6 Å². The third kappa shape index (κ3) is 8.23. The molecule has 6 nitrogen and oxygen atoms in total.